The number of aromatic nitrogens is 1. The maximum Gasteiger partial charge on any atom is 0.244 e. The van der Waals surface area contributed by atoms with Gasteiger partial charge in [-0.2, -0.15) is 4.31 Å². The Bertz CT molecular complexity index is 742. The molecule has 1 atom stereocenters. The molecule has 0 aliphatic carbocycles. The summed E-state index contributed by atoms with van der Waals surface area (Å²) >= 11 is 1.51. The number of piperidine rings is 1. The molecule has 1 aliphatic rings. The van der Waals surface area contributed by atoms with Gasteiger partial charge in [0.2, 0.25) is 10.0 Å². The van der Waals surface area contributed by atoms with E-state index in [-0.39, 0.29) is 11.0 Å². The van der Waals surface area contributed by atoms with Crippen molar-refractivity contribution in [1.82, 2.24) is 9.29 Å². The van der Waals surface area contributed by atoms with Gasteiger partial charge >= 0.3 is 0 Å². The molecule has 1 unspecified atom stereocenters. The highest BCUT2D eigenvalue weighted by atomic mass is 32.2. The third kappa shape index (κ3) is 3.17. The van der Waals surface area contributed by atoms with Crippen molar-refractivity contribution in [3.8, 4) is 0 Å². The van der Waals surface area contributed by atoms with Crippen molar-refractivity contribution in [3.63, 3.8) is 0 Å². The van der Waals surface area contributed by atoms with Gasteiger partial charge in [0.1, 0.15) is 4.90 Å². The highest BCUT2D eigenvalue weighted by molar-refractivity contribution is 7.89. The fourth-order valence-corrected chi connectivity index (χ4v) is 5.00. The van der Waals surface area contributed by atoms with Crippen molar-refractivity contribution in [3.05, 3.63) is 23.7 Å². The van der Waals surface area contributed by atoms with Crippen LogP contribution in [-0.4, -0.2) is 43.5 Å². The Hall–Kier alpha value is -1.02. The van der Waals surface area contributed by atoms with E-state index in [1.54, 1.807) is 6.07 Å². The zero-order chi connectivity index (χ0) is 15.6. The van der Waals surface area contributed by atoms with Gasteiger partial charge in [-0.15, -0.1) is 11.3 Å². The van der Waals surface area contributed by atoms with Crippen molar-refractivity contribution in [1.29, 1.82) is 0 Å². The number of hydrogen-bond acceptors (Lipinski definition) is 5. The first-order valence-electron chi connectivity index (χ1n) is 7.56. The Morgan fingerprint density at radius 1 is 1.50 bits per heavy atom. The molecule has 2 aromatic rings. The van der Waals surface area contributed by atoms with Crippen LogP contribution in [0.15, 0.2) is 28.6 Å². The SMILES string of the molecule is CCCOC1CCCN(S(=O)(=O)c2cnc3ccsc3c2)C1. The Labute approximate surface area is 135 Å². The van der Waals surface area contributed by atoms with Gasteiger partial charge in [-0.25, -0.2) is 8.42 Å². The lowest BCUT2D eigenvalue weighted by Crippen LogP contribution is -2.43. The molecule has 0 spiro atoms. The molecule has 0 aromatic carbocycles. The lowest BCUT2D eigenvalue weighted by atomic mass is 10.1. The van der Waals surface area contributed by atoms with E-state index in [1.165, 1.54) is 21.8 Å². The van der Waals surface area contributed by atoms with Gasteiger partial charge in [0.05, 0.1) is 16.3 Å². The van der Waals surface area contributed by atoms with Crippen molar-refractivity contribution >= 4 is 31.6 Å². The minimum absolute atomic E-state index is 0.00176. The standard InChI is InChI=1S/C15H20N2O3S2/c1-2-7-20-12-4-3-6-17(11-12)22(18,19)13-9-15-14(16-10-13)5-8-21-15/h5,8-10,12H,2-4,6-7,11H2,1H3. The number of hydrogen-bond donors (Lipinski definition) is 0. The van der Waals surface area contributed by atoms with Crippen LogP contribution in [0.2, 0.25) is 0 Å². The van der Waals surface area contributed by atoms with Gasteiger partial charge in [0, 0.05) is 25.9 Å². The van der Waals surface area contributed by atoms with Gasteiger partial charge in [-0.05, 0) is 36.8 Å². The predicted molar refractivity (Wildman–Crippen MR) is 87.6 cm³/mol. The van der Waals surface area contributed by atoms with E-state index < -0.39 is 10.0 Å². The molecule has 5 nitrogen and oxygen atoms in total. The van der Waals surface area contributed by atoms with E-state index in [0.29, 0.717) is 19.7 Å². The minimum atomic E-state index is -3.49. The second kappa shape index (κ2) is 6.62. The average Bonchev–Trinajstić information content (AvgIpc) is 3.00. The quantitative estimate of drug-likeness (QED) is 0.840. The first kappa shape index (κ1) is 15.9. The molecule has 3 heterocycles. The fraction of sp³-hybridized carbons (Fsp3) is 0.533. The van der Waals surface area contributed by atoms with Crippen LogP contribution >= 0.6 is 11.3 Å². The Morgan fingerprint density at radius 2 is 2.36 bits per heavy atom. The topological polar surface area (TPSA) is 59.5 Å². The first-order valence-corrected chi connectivity index (χ1v) is 9.88. The smallest absolute Gasteiger partial charge is 0.244 e. The van der Waals surface area contributed by atoms with Crippen LogP contribution in [0.1, 0.15) is 26.2 Å². The second-order valence-electron chi connectivity index (χ2n) is 5.47. The third-order valence-electron chi connectivity index (χ3n) is 3.81. The highest BCUT2D eigenvalue weighted by Gasteiger charge is 2.31. The van der Waals surface area contributed by atoms with Crippen molar-refractivity contribution in [2.45, 2.75) is 37.2 Å². The summed E-state index contributed by atoms with van der Waals surface area (Å²) in [5.41, 5.74) is 0.840. The Morgan fingerprint density at radius 3 is 3.18 bits per heavy atom. The molecule has 0 bridgehead atoms. The molecule has 0 radical (unpaired) electrons. The fourth-order valence-electron chi connectivity index (χ4n) is 2.66. The van der Waals surface area contributed by atoms with E-state index >= 15 is 0 Å². The van der Waals surface area contributed by atoms with Gasteiger partial charge in [-0.1, -0.05) is 6.92 Å². The number of ether oxygens (including phenoxy) is 1. The number of nitrogens with zero attached hydrogens (tertiary/aromatic N) is 2. The van der Waals surface area contributed by atoms with E-state index in [2.05, 4.69) is 11.9 Å². The maximum absolute atomic E-state index is 12.8. The lowest BCUT2D eigenvalue weighted by molar-refractivity contribution is 0.0193. The minimum Gasteiger partial charge on any atom is -0.377 e. The first-order chi connectivity index (χ1) is 10.6. The van der Waals surface area contributed by atoms with Crippen LogP contribution in [0.4, 0.5) is 0 Å². The van der Waals surface area contributed by atoms with Gasteiger partial charge in [-0.3, -0.25) is 4.98 Å². The van der Waals surface area contributed by atoms with Crippen LogP contribution < -0.4 is 0 Å². The van der Waals surface area contributed by atoms with Crippen LogP contribution in [0.25, 0.3) is 10.2 Å². The number of thiophene rings is 1. The van der Waals surface area contributed by atoms with Gasteiger partial charge in [0.25, 0.3) is 0 Å². The summed E-state index contributed by atoms with van der Waals surface area (Å²) in [5.74, 6) is 0. The zero-order valence-electron chi connectivity index (χ0n) is 12.6. The van der Waals surface area contributed by atoms with Gasteiger partial charge in [0.15, 0.2) is 0 Å². The second-order valence-corrected chi connectivity index (χ2v) is 8.36. The monoisotopic (exact) mass is 340 g/mol. The zero-order valence-corrected chi connectivity index (χ0v) is 14.2. The van der Waals surface area contributed by atoms with Crippen LogP contribution in [0, 0.1) is 0 Å². The molecule has 1 aliphatic heterocycles. The molecule has 1 saturated heterocycles. The normalized spacial score (nSPS) is 20.5. The Balaban J connectivity index is 1.81. The number of sulfonamides is 1. The lowest BCUT2D eigenvalue weighted by Gasteiger charge is -2.31. The molecule has 2 aromatic heterocycles. The van der Waals surface area contributed by atoms with E-state index in [4.69, 9.17) is 4.74 Å². The molecule has 7 heteroatoms. The summed E-state index contributed by atoms with van der Waals surface area (Å²) in [6.45, 7) is 3.72. The largest absolute Gasteiger partial charge is 0.377 e. The van der Waals surface area contributed by atoms with Crippen LogP contribution in [0.3, 0.4) is 0 Å². The van der Waals surface area contributed by atoms with Crippen molar-refractivity contribution in [2.24, 2.45) is 0 Å². The van der Waals surface area contributed by atoms with E-state index in [0.717, 1.165) is 29.5 Å². The maximum atomic E-state index is 12.8. The van der Waals surface area contributed by atoms with E-state index in [1.807, 2.05) is 11.4 Å². The summed E-state index contributed by atoms with van der Waals surface area (Å²) < 4.78 is 33.8. The molecule has 0 saturated carbocycles. The molecular weight excluding hydrogens is 320 g/mol. The molecule has 120 valence electrons. The molecule has 22 heavy (non-hydrogen) atoms. The average molecular weight is 340 g/mol. The number of rotatable bonds is 5. The third-order valence-corrected chi connectivity index (χ3v) is 6.50. The summed E-state index contributed by atoms with van der Waals surface area (Å²) in [4.78, 5) is 4.52. The summed E-state index contributed by atoms with van der Waals surface area (Å²) in [6, 6.07) is 3.62. The highest BCUT2D eigenvalue weighted by Crippen LogP contribution is 2.26. The summed E-state index contributed by atoms with van der Waals surface area (Å²) in [7, 11) is -3.49. The number of pyridine rings is 1. The molecule has 0 amide bonds. The van der Waals surface area contributed by atoms with Crippen LogP contribution in [-0.2, 0) is 14.8 Å². The van der Waals surface area contributed by atoms with E-state index in [9.17, 15) is 8.42 Å². The van der Waals surface area contributed by atoms with Crippen molar-refractivity contribution in [2.75, 3.05) is 19.7 Å². The predicted octanol–water partition coefficient (Wildman–Crippen LogP) is 2.88. The molecule has 0 N–H and O–H groups in total. The molecular formula is C15H20N2O3S2. The molecule has 1 fully saturated rings. The number of fused-ring (bicyclic) bond motifs is 1. The van der Waals surface area contributed by atoms with Crippen LogP contribution in [0.5, 0.6) is 0 Å². The Kier molecular flexibility index (Phi) is 4.77. The molecule has 3 rings (SSSR count). The van der Waals surface area contributed by atoms with Gasteiger partial charge < -0.3 is 4.74 Å². The summed E-state index contributed by atoms with van der Waals surface area (Å²) in [6.07, 6.45) is 4.17. The van der Waals surface area contributed by atoms with Crippen molar-refractivity contribution < 1.29 is 13.2 Å². The summed E-state index contributed by atoms with van der Waals surface area (Å²) in [5, 5.41) is 1.92.